The fraction of sp³-hybridized carbons (Fsp3) is 0.455. The Kier molecular flexibility index (Phi) is 4.25. The summed E-state index contributed by atoms with van der Waals surface area (Å²) < 4.78 is 4.96. The molecule has 0 aliphatic carbocycles. The van der Waals surface area contributed by atoms with E-state index >= 15 is 0 Å². The zero-order valence-electron chi connectivity index (χ0n) is 9.73. The van der Waals surface area contributed by atoms with Crippen molar-refractivity contribution in [1.82, 2.24) is 4.98 Å². The van der Waals surface area contributed by atoms with Crippen molar-refractivity contribution in [2.45, 2.75) is 6.92 Å². The molecular formula is C11H16N2O3. The second-order valence-corrected chi connectivity index (χ2v) is 3.52. The van der Waals surface area contributed by atoms with Crippen LogP contribution in [0.4, 0.5) is 5.82 Å². The van der Waals surface area contributed by atoms with Crippen LogP contribution in [0.5, 0.6) is 0 Å². The lowest BCUT2D eigenvalue weighted by molar-refractivity contribution is 0.0695. The largest absolute Gasteiger partial charge is 0.478 e. The Balaban J connectivity index is 2.84. The van der Waals surface area contributed by atoms with Crippen molar-refractivity contribution in [2.75, 3.05) is 32.2 Å². The minimum atomic E-state index is -0.948. The molecule has 0 spiro atoms. The minimum absolute atomic E-state index is 0.240. The van der Waals surface area contributed by atoms with Crippen LogP contribution < -0.4 is 4.90 Å². The lowest BCUT2D eigenvalue weighted by atomic mass is 10.2. The number of carbonyl (C=O) groups is 1. The number of aromatic carboxylic acids is 1. The van der Waals surface area contributed by atoms with Gasteiger partial charge >= 0.3 is 5.97 Å². The zero-order chi connectivity index (χ0) is 12.1. The van der Waals surface area contributed by atoms with E-state index in [1.165, 1.54) is 0 Å². The topological polar surface area (TPSA) is 62.7 Å². The Morgan fingerprint density at radius 2 is 2.25 bits per heavy atom. The molecule has 88 valence electrons. The number of likely N-dealkylation sites (N-methyl/N-ethyl adjacent to an activating group) is 1. The van der Waals surface area contributed by atoms with Gasteiger partial charge in [-0.3, -0.25) is 0 Å². The molecule has 1 N–H and O–H groups in total. The number of carboxylic acid groups (broad SMARTS) is 1. The number of hydrogen-bond donors (Lipinski definition) is 1. The standard InChI is InChI=1S/C11H16N2O3/c1-8-9(11(14)15)4-5-10(12-8)13(2)6-7-16-3/h4-5H,6-7H2,1-3H3,(H,14,15). The SMILES string of the molecule is COCCN(C)c1ccc(C(=O)O)c(C)n1. The maximum absolute atomic E-state index is 10.8. The lowest BCUT2D eigenvalue weighted by Gasteiger charge is -2.18. The van der Waals surface area contributed by atoms with Gasteiger partial charge in [-0.25, -0.2) is 9.78 Å². The average Bonchev–Trinajstić information content (AvgIpc) is 2.25. The molecule has 0 bridgehead atoms. The Labute approximate surface area is 94.7 Å². The van der Waals surface area contributed by atoms with E-state index in [9.17, 15) is 4.79 Å². The van der Waals surface area contributed by atoms with Crippen molar-refractivity contribution in [3.63, 3.8) is 0 Å². The molecule has 1 aromatic rings. The zero-order valence-corrected chi connectivity index (χ0v) is 9.73. The summed E-state index contributed by atoms with van der Waals surface area (Å²) in [6.45, 7) is 3.02. The molecule has 1 rings (SSSR count). The third-order valence-electron chi connectivity index (χ3n) is 2.32. The van der Waals surface area contributed by atoms with Gasteiger partial charge in [0.1, 0.15) is 5.82 Å². The number of pyridine rings is 1. The van der Waals surface area contributed by atoms with Crippen LogP contribution in [0, 0.1) is 6.92 Å². The summed E-state index contributed by atoms with van der Waals surface area (Å²) in [4.78, 5) is 17.0. The summed E-state index contributed by atoms with van der Waals surface area (Å²) in [6.07, 6.45) is 0. The summed E-state index contributed by atoms with van der Waals surface area (Å²) in [6, 6.07) is 3.27. The number of ether oxygens (including phenoxy) is 1. The average molecular weight is 224 g/mol. The number of carboxylic acids is 1. The Hall–Kier alpha value is -1.62. The van der Waals surface area contributed by atoms with E-state index in [4.69, 9.17) is 9.84 Å². The molecule has 0 fully saturated rings. The summed E-state index contributed by atoms with van der Waals surface area (Å²) in [5, 5.41) is 8.86. The summed E-state index contributed by atoms with van der Waals surface area (Å²) in [5.41, 5.74) is 0.762. The smallest absolute Gasteiger partial charge is 0.337 e. The Morgan fingerprint density at radius 3 is 2.75 bits per heavy atom. The van der Waals surface area contributed by atoms with Crippen LogP contribution in [-0.2, 0) is 4.74 Å². The first-order valence-electron chi connectivity index (χ1n) is 4.97. The minimum Gasteiger partial charge on any atom is -0.478 e. The van der Waals surface area contributed by atoms with Crippen molar-refractivity contribution in [3.05, 3.63) is 23.4 Å². The predicted molar refractivity (Wildman–Crippen MR) is 61.1 cm³/mol. The van der Waals surface area contributed by atoms with Gasteiger partial charge in [-0.2, -0.15) is 0 Å². The summed E-state index contributed by atoms with van der Waals surface area (Å²) in [5.74, 6) is -0.198. The fourth-order valence-electron chi connectivity index (χ4n) is 1.33. The van der Waals surface area contributed by atoms with Crippen molar-refractivity contribution < 1.29 is 14.6 Å². The molecule has 1 aromatic heterocycles. The van der Waals surface area contributed by atoms with Crippen LogP contribution in [0.25, 0.3) is 0 Å². The van der Waals surface area contributed by atoms with E-state index in [1.807, 2.05) is 11.9 Å². The van der Waals surface area contributed by atoms with Crippen LogP contribution in [0.3, 0.4) is 0 Å². The molecule has 0 amide bonds. The van der Waals surface area contributed by atoms with Gasteiger partial charge in [0, 0.05) is 20.7 Å². The van der Waals surface area contributed by atoms with Crippen LogP contribution in [0.2, 0.25) is 0 Å². The number of rotatable bonds is 5. The maximum Gasteiger partial charge on any atom is 0.337 e. The van der Waals surface area contributed by atoms with Gasteiger partial charge in [0.2, 0.25) is 0 Å². The van der Waals surface area contributed by atoms with Gasteiger partial charge < -0.3 is 14.7 Å². The summed E-state index contributed by atoms with van der Waals surface area (Å²) >= 11 is 0. The van der Waals surface area contributed by atoms with E-state index in [0.717, 1.165) is 12.4 Å². The van der Waals surface area contributed by atoms with Gasteiger partial charge in [-0.1, -0.05) is 0 Å². The highest BCUT2D eigenvalue weighted by molar-refractivity contribution is 5.89. The molecule has 0 radical (unpaired) electrons. The quantitative estimate of drug-likeness (QED) is 0.813. The number of methoxy groups -OCH3 is 1. The van der Waals surface area contributed by atoms with Crippen LogP contribution in [-0.4, -0.2) is 43.4 Å². The van der Waals surface area contributed by atoms with E-state index in [-0.39, 0.29) is 5.56 Å². The number of aromatic nitrogens is 1. The lowest BCUT2D eigenvalue weighted by Crippen LogP contribution is -2.23. The van der Waals surface area contributed by atoms with Crippen molar-refractivity contribution >= 4 is 11.8 Å². The monoisotopic (exact) mass is 224 g/mol. The molecular weight excluding hydrogens is 208 g/mol. The number of nitrogens with zero attached hydrogens (tertiary/aromatic N) is 2. The molecule has 0 saturated heterocycles. The Morgan fingerprint density at radius 1 is 1.56 bits per heavy atom. The second-order valence-electron chi connectivity index (χ2n) is 3.52. The molecule has 5 heteroatoms. The highest BCUT2D eigenvalue weighted by Gasteiger charge is 2.10. The van der Waals surface area contributed by atoms with Crippen LogP contribution in [0.15, 0.2) is 12.1 Å². The first-order chi connectivity index (χ1) is 7.56. The Bertz CT molecular complexity index is 379. The van der Waals surface area contributed by atoms with E-state index in [2.05, 4.69) is 4.98 Å². The predicted octanol–water partition coefficient (Wildman–Crippen LogP) is 1.17. The van der Waals surface area contributed by atoms with Gasteiger partial charge in [0.05, 0.1) is 17.9 Å². The van der Waals surface area contributed by atoms with Crippen molar-refractivity contribution in [2.24, 2.45) is 0 Å². The number of hydrogen-bond acceptors (Lipinski definition) is 4. The van der Waals surface area contributed by atoms with Crippen LogP contribution >= 0.6 is 0 Å². The molecule has 0 saturated carbocycles. The third kappa shape index (κ3) is 2.93. The molecule has 1 heterocycles. The maximum atomic E-state index is 10.8. The summed E-state index contributed by atoms with van der Waals surface area (Å²) in [7, 11) is 3.53. The normalized spacial score (nSPS) is 10.2. The number of anilines is 1. The van der Waals surface area contributed by atoms with Gasteiger partial charge in [0.25, 0.3) is 0 Å². The van der Waals surface area contributed by atoms with Gasteiger partial charge in [-0.05, 0) is 19.1 Å². The highest BCUT2D eigenvalue weighted by atomic mass is 16.5. The molecule has 5 nitrogen and oxygen atoms in total. The molecule has 0 aliphatic rings. The fourth-order valence-corrected chi connectivity index (χ4v) is 1.33. The molecule has 0 aliphatic heterocycles. The highest BCUT2D eigenvalue weighted by Crippen LogP contribution is 2.13. The first-order valence-corrected chi connectivity index (χ1v) is 4.97. The van der Waals surface area contributed by atoms with Gasteiger partial charge in [-0.15, -0.1) is 0 Å². The second kappa shape index (κ2) is 5.46. The molecule has 16 heavy (non-hydrogen) atoms. The molecule has 0 unspecified atom stereocenters. The van der Waals surface area contributed by atoms with Crippen molar-refractivity contribution in [1.29, 1.82) is 0 Å². The van der Waals surface area contributed by atoms with Gasteiger partial charge in [0.15, 0.2) is 0 Å². The van der Waals surface area contributed by atoms with E-state index in [0.29, 0.717) is 12.3 Å². The van der Waals surface area contributed by atoms with Crippen LogP contribution in [0.1, 0.15) is 16.1 Å². The third-order valence-corrected chi connectivity index (χ3v) is 2.32. The van der Waals surface area contributed by atoms with E-state index in [1.54, 1.807) is 26.2 Å². The molecule has 0 atom stereocenters. The molecule has 0 aromatic carbocycles. The van der Waals surface area contributed by atoms with Crippen molar-refractivity contribution in [3.8, 4) is 0 Å². The first kappa shape index (κ1) is 12.4. The number of aryl methyl sites for hydroxylation is 1. The van der Waals surface area contributed by atoms with E-state index < -0.39 is 5.97 Å².